The highest BCUT2D eigenvalue weighted by atomic mass is 32.2. The number of carbonyl (C=O) groups excluding carboxylic acids is 2. The number of rotatable bonds is 5. The Balaban J connectivity index is 1.50. The molecule has 3 heterocycles. The predicted molar refractivity (Wildman–Crippen MR) is 132 cm³/mol. The number of aromatic nitrogens is 2. The normalized spacial score (nSPS) is 15.3. The van der Waals surface area contributed by atoms with Gasteiger partial charge in [-0.25, -0.2) is 9.37 Å². The van der Waals surface area contributed by atoms with Crippen molar-refractivity contribution in [3.05, 3.63) is 77.9 Å². The molecule has 1 aliphatic heterocycles. The van der Waals surface area contributed by atoms with Gasteiger partial charge in [0.1, 0.15) is 22.9 Å². The lowest BCUT2D eigenvalue weighted by molar-refractivity contribution is 0.0918. The second-order valence-electron chi connectivity index (χ2n) is 8.37. The van der Waals surface area contributed by atoms with Gasteiger partial charge >= 0.3 is 10.3 Å². The number of carbonyl (C=O) groups is 2. The molecule has 0 aliphatic carbocycles. The molecule has 0 radical (unpaired) electrons. The van der Waals surface area contributed by atoms with E-state index in [2.05, 4.69) is 15.6 Å². The van der Waals surface area contributed by atoms with Crippen LogP contribution < -0.4 is 15.4 Å². The third-order valence-corrected chi connectivity index (χ3v) is 6.31. The molecule has 184 valence electrons. The van der Waals surface area contributed by atoms with E-state index in [1.165, 1.54) is 42.5 Å². The highest BCUT2D eigenvalue weighted by molar-refractivity contribution is 7.87. The summed E-state index contributed by atoms with van der Waals surface area (Å²) in [7, 11) is -4.67. The minimum atomic E-state index is -4.67. The number of benzene rings is 2. The fraction of sp³-hybridized carbons (Fsp3) is 0.125. The van der Waals surface area contributed by atoms with E-state index < -0.39 is 22.0 Å². The number of nitrogens with zero attached hydrogens (tertiary/aromatic N) is 2. The Kier molecular flexibility index (Phi) is 5.69. The van der Waals surface area contributed by atoms with Crippen LogP contribution in [0.25, 0.3) is 22.2 Å². The van der Waals surface area contributed by atoms with Gasteiger partial charge in [0.25, 0.3) is 11.8 Å². The molecular formula is C24H20FN5O5S. The third kappa shape index (κ3) is 4.51. The second kappa shape index (κ2) is 8.73. The summed E-state index contributed by atoms with van der Waals surface area (Å²) in [6, 6.07) is 14.8. The average molecular weight is 510 g/mol. The molecule has 12 heteroatoms. The molecule has 1 aliphatic rings. The van der Waals surface area contributed by atoms with E-state index in [9.17, 15) is 27.0 Å². The molecule has 0 unspecified atom stereocenters. The first kappa shape index (κ1) is 23.5. The topological polar surface area (TPSA) is 142 Å². The fourth-order valence-electron chi connectivity index (χ4n) is 4.15. The Morgan fingerprint density at radius 2 is 1.81 bits per heavy atom. The Hall–Kier alpha value is -4.29. The minimum absolute atomic E-state index is 0.0435. The summed E-state index contributed by atoms with van der Waals surface area (Å²) >= 11 is 0. The maximum absolute atomic E-state index is 13.3. The molecule has 10 nitrogen and oxygen atoms in total. The zero-order chi connectivity index (χ0) is 25.6. The van der Waals surface area contributed by atoms with Crippen molar-refractivity contribution in [2.24, 2.45) is 0 Å². The summed E-state index contributed by atoms with van der Waals surface area (Å²) < 4.78 is 49.5. The van der Waals surface area contributed by atoms with Crippen LogP contribution in [0.4, 0.5) is 15.8 Å². The lowest BCUT2D eigenvalue weighted by Gasteiger charge is -2.23. The smallest absolute Gasteiger partial charge is 0.349 e. The molecule has 36 heavy (non-hydrogen) atoms. The van der Waals surface area contributed by atoms with E-state index in [1.807, 2.05) is 11.6 Å². The van der Waals surface area contributed by atoms with Gasteiger partial charge in [0, 0.05) is 11.9 Å². The minimum Gasteiger partial charge on any atom is -0.349 e. The number of anilines is 2. The van der Waals surface area contributed by atoms with E-state index in [4.69, 9.17) is 0 Å². The fourth-order valence-corrected chi connectivity index (χ4v) is 4.60. The monoisotopic (exact) mass is 509 g/mol. The molecule has 4 aromatic rings. The average Bonchev–Trinajstić information content (AvgIpc) is 3.22. The molecule has 1 atom stereocenters. The van der Waals surface area contributed by atoms with E-state index in [0.717, 1.165) is 0 Å². The zero-order valence-electron chi connectivity index (χ0n) is 18.8. The molecule has 5 rings (SSSR count). The number of hydrogen-bond donors (Lipinski definition) is 4. The number of pyridine rings is 1. The summed E-state index contributed by atoms with van der Waals surface area (Å²) in [5, 5.41) is 6.10. The summed E-state index contributed by atoms with van der Waals surface area (Å²) in [4.78, 5) is 29.7. The van der Waals surface area contributed by atoms with Crippen molar-refractivity contribution in [2.75, 3.05) is 16.6 Å². The van der Waals surface area contributed by atoms with Crippen LogP contribution in [0.2, 0.25) is 0 Å². The second-order valence-corrected chi connectivity index (χ2v) is 9.52. The largest absolute Gasteiger partial charge is 0.357 e. The molecule has 2 aromatic heterocycles. The van der Waals surface area contributed by atoms with Crippen molar-refractivity contribution in [2.45, 2.75) is 13.0 Å². The number of amides is 2. The van der Waals surface area contributed by atoms with Crippen molar-refractivity contribution in [1.82, 2.24) is 14.9 Å². The zero-order valence-corrected chi connectivity index (χ0v) is 19.6. The molecular weight excluding hydrogens is 489 g/mol. The van der Waals surface area contributed by atoms with Crippen molar-refractivity contribution in [3.63, 3.8) is 0 Å². The first-order valence-electron chi connectivity index (χ1n) is 10.9. The van der Waals surface area contributed by atoms with E-state index in [0.29, 0.717) is 34.4 Å². The van der Waals surface area contributed by atoms with Crippen LogP contribution in [0.3, 0.4) is 0 Å². The van der Waals surface area contributed by atoms with Gasteiger partial charge < -0.3 is 15.2 Å². The number of fused-ring (bicyclic) bond motifs is 3. The van der Waals surface area contributed by atoms with Crippen molar-refractivity contribution in [3.8, 4) is 11.1 Å². The van der Waals surface area contributed by atoms with Gasteiger partial charge in [0.05, 0.1) is 17.4 Å². The van der Waals surface area contributed by atoms with Crippen LogP contribution in [-0.4, -0.2) is 40.9 Å². The number of hydrogen-bond acceptors (Lipinski definition) is 5. The van der Waals surface area contributed by atoms with Gasteiger partial charge in [0.15, 0.2) is 0 Å². The molecule has 0 saturated heterocycles. The van der Waals surface area contributed by atoms with E-state index in [-0.39, 0.29) is 29.0 Å². The van der Waals surface area contributed by atoms with Gasteiger partial charge in [-0.1, -0.05) is 18.2 Å². The van der Waals surface area contributed by atoms with Gasteiger partial charge in [-0.15, -0.1) is 0 Å². The Morgan fingerprint density at radius 1 is 1.08 bits per heavy atom. The SMILES string of the molecule is C[C@@H]1CNC(=O)c2cc3ccc(C(=O)Nc4ccc(-c5ccc(F)cc5)cc4NS(=O)(=O)O)nc3n21. The lowest BCUT2D eigenvalue weighted by atomic mass is 10.0. The number of nitrogens with one attached hydrogen (secondary N) is 3. The quantitative estimate of drug-likeness (QED) is 0.303. The Labute approximate surface area is 205 Å². The van der Waals surface area contributed by atoms with Crippen LogP contribution in [0.5, 0.6) is 0 Å². The molecule has 0 spiro atoms. The maximum atomic E-state index is 13.3. The van der Waals surface area contributed by atoms with Crippen LogP contribution in [-0.2, 0) is 10.3 Å². The van der Waals surface area contributed by atoms with Gasteiger partial charge in [-0.3, -0.25) is 18.9 Å². The summed E-state index contributed by atoms with van der Waals surface area (Å²) in [6.45, 7) is 2.35. The lowest BCUT2D eigenvalue weighted by Crippen LogP contribution is -2.37. The van der Waals surface area contributed by atoms with Gasteiger partial charge in [-0.2, -0.15) is 8.42 Å². The summed E-state index contributed by atoms with van der Waals surface area (Å²) in [5.74, 6) is -1.28. The van der Waals surface area contributed by atoms with Crippen LogP contribution >= 0.6 is 0 Å². The molecule has 4 N–H and O–H groups in total. The number of halogens is 1. The van der Waals surface area contributed by atoms with Crippen LogP contribution in [0, 0.1) is 5.82 Å². The summed E-state index contributed by atoms with van der Waals surface area (Å²) in [6.07, 6.45) is 0. The predicted octanol–water partition coefficient (Wildman–Crippen LogP) is 3.61. The first-order chi connectivity index (χ1) is 17.1. The van der Waals surface area contributed by atoms with Crippen LogP contribution in [0.15, 0.2) is 60.7 Å². The highest BCUT2D eigenvalue weighted by Gasteiger charge is 2.26. The van der Waals surface area contributed by atoms with E-state index in [1.54, 1.807) is 22.8 Å². The van der Waals surface area contributed by atoms with Crippen molar-refractivity contribution in [1.29, 1.82) is 0 Å². The van der Waals surface area contributed by atoms with Gasteiger partial charge in [-0.05, 0) is 60.5 Å². The van der Waals surface area contributed by atoms with E-state index >= 15 is 0 Å². The van der Waals surface area contributed by atoms with Gasteiger partial charge in [0.2, 0.25) is 0 Å². The third-order valence-electron chi connectivity index (χ3n) is 5.83. The highest BCUT2D eigenvalue weighted by Crippen LogP contribution is 2.31. The maximum Gasteiger partial charge on any atom is 0.357 e. The standard InChI is InChI=1S/C24H20FN5O5S/c1-13-12-26-24(32)21-11-16-5-9-19(27-22(16)30(13)21)23(31)28-18-8-4-15(10-20(18)29-36(33,34)35)14-2-6-17(25)7-3-14/h2-11,13,29H,12H2,1H3,(H,26,32)(H,28,31)(H,33,34,35)/t13-/m1/s1. The Bertz CT molecular complexity index is 1630. The molecule has 2 aromatic carbocycles. The molecule has 0 fully saturated rings. The van der Waals surface area contributed by atoms with Crippen LogP contribution in [0.1, 0.15) is 33.9 Å². The molecule has 0 bridgehead atoms. The first-order valence-corrected chi connectivity index (χ1v) is 12.3. The van der Waals surface area contributed by atoms with Crippen molar-refractivity contribution < 1.29 is 27.0 Å². The van der Waals surface area contributed by atoms with Crippen molar-refractivity contribution >= 4 is 44.5 Å². The summed E-state index contributed by atoms with van der Waals surface area (Å²) in [5.41, 5.74) is 2.05. The molecule has 2 amide bonds. The molecule has 0 saturated carbocycles. The Morgan fingerprint density at radius 3 is 2.53 bits per heavy atom.